The molecule has 0 unspecified atom stereocenters. The quantitative estimate of drug-likeness (QED) is 0.331. The molecule has 0 radical (unpaired) electrons. The first-order chi connectivity index (χ1) is 19.4. The SMILES string of the molecule is CCOC(=O)N1CCN(c2nc3ccccn3c(=O)c2/C=C2/SC(=S)N(Cc3ccc4c(c3)OCO4)C2=O)CC1. The largest absolute Gasteiger partial charge is 0.454 e. The number of aromatic nitrogens is 2. The Hall–Kier alpha value is -4.10. The molecule has 5 heterocycles. The van der Waals surface area contributed by atoms with Crippen molar-refractivity contribution in [3.63, 3.8) is 0 Å². The molecule has 2 aromatic heterocycles. The van der Waals surface area contributed by atoms with E-state index in [1.807, 2.05) is 23.1 Å². The summed E-state index contributed by atoms with van der Waals surface area (Å²) in [6, 6.07) is 10.8. The molecule has 0 aliphatic carbocycles. The highest BCUT2D eigenvalue weighted by atomic mass is 32.2. The van der Waals surface area contributed by atoms with Crippen LogP contribution in [0.1, 0.15) is 18.1 Å². The van der Waals surface area contributed by atoms with Crippen molar-refractivity contribution in [1.29, 1.82) is 0 Å². The Balaban J connectivity index is 1.31. The minimum atomic E-state index is -0.361. The fraction of sp³-hybridized carbons (Fsp3) is 0.296. The first-order valence-corrected chi connectivity index (χ1v) is 14.0. The maximum Gasteiger partial charge on any atom is 0.409 e. The third kappa shape index (κ3) is 4.86. The van der Waals surface area contributed by atoms with E-state index in [0.29, 0.717) is 65.0 Å². The number of pyridine rings is 1. The number of carbonyl (C=O) groups is 2. The van der Waals surface area contributed by atoms with E-state index in [0.717, 1.165) is 17.3 Å². The Kier molecular flexibility index (Phi) is 7.07. The van der Waals surface area contributed by atoms with Gasteiger partial charge in [0, 0.05) is 32.4 Å². The number of anilines is 1. The lowest BCUT2D eigenvalue weighted by molar-refractivity contribution is -0.122. The summed E-state index contributed by atoms with van der Waals surface area (Å²) in [5.74, 6) is 1.46. The van der Waals surface area contributed by atoms with Crippen LogP contribution in [0.25, 0.3) is 11.7 Å². The van der Waals surface area contributed by atoms with Crippen LogP contribution in [0.15, 0.2) is 52.3 Å². The van der Waals surface area contributed by atoms with Gasteiger partial charge in [-0.1, -0.05) is 36.1 Å². The molecule has 0 atom stereocenters. The van der Waals surface area contributed by atoms with E-state index in [1.54, 1.807) is 42.3 Å². The Labute approximate surface area is 238 Å². The fourth-order valence-electron chi connectivity index (χ4n) is 4.76. The molecule has 0 spiro atoms. The van der Waals surface area contributed by atoms with Gasteiger partial charge in [-0.2, -0.15) is 0 Å². The highest BCUT2D eigenvalue weighted by Gasteiger charge is 2.34. The zero-order chi connectivity index (χ0) is 27.8. The topological polar surface area (TPSA) is 106 Å². The molecular weight excluding hydrogens is 554 g/mol. The van der Waals surface area contributed by atoms with Gasteiger partial charge < -0.3 is 24.0 Å². The third-order valence-electron chi connectivity index (χ3n) is 6.78. The Bertz CT molecular complexity index is 1610. The van der Waals surface area contributed by atoms with Gasteiger partial charge in [0.15, 0.2) is 11.5 Å². The monoisotopic (exact) mass is 579 g/mol. The van der Waals surface area contributed by atoms with Crippen molar-refractivity contribution in [2.24, 2.45) is 0 Å². The van der Waals surface area contributed by atoms with Gasteiger partial charge in [0.1, 0.15) is 15.8 Å². The number of thioether (sulfide) groups is 1. The summed E-state index contributed by atoms with van der Waals surface area (Å²) < 4.78 is 17.8. The molecule has 2 saturated heterocycles. The fourth-order valence-corrected chi connectivity index (χ4v) is 6.00. The van der Waals surface area contributed by atoms with Crippen LogP contribution in [0.3, 0.4) is 0 Å². The van der Waals surface area contributed by atoms with E-state index in [1.165, 1.54) is 9.30 Å². The number of nitrogens with zero attached hydrogens (tertiary/aromatic N) is 5. The summed E-state index contributed by atoms with van der Waals surface area (Å²) >= 11 is 6.70. The predicted octanol–water partition coefficient (Wildman–Crippen LogP) is 3.10. The number of carbonyl (C=O) groups excluding carboxylic acids is 2. The summed E-state index contributed by atoms with van der Waals surface area (Å²) in [6.07, 6.45) is 2.87. The minimum absolute atomic E-state index is 0.165. The lowest BCUT2D eigenvalue weighted by Crippen LogP contribution is -2.49. The maximum absolute atomic E-state index is 13.7. The normalized spacial score (nSPS) is 17.8. The highest BCUT2D eigenvalue weighted by molar-refractivity contribution is 8.26. The number of amides is 2. The van der Waals surface area contributed by atoms with Crippen LogP contribution >= 0.6 is 24.0 Å². The predicted molar refractivity (Wildman–Crippen MR) is 154 cm³/mol. The van der Waals surface area contributed by atoms with E-state index in [9.17, 15) is 14.4 Å². The smallest absolute Gasteiger partial charge is 0.409 e. The number of benzene rings is 1. The van der Waals surface area contributed by atoms with Crippen LogP contribution in [0.2, 0.25) is 0 Å². The second-order valence-electron chi connectivity index (χ2n) is 9.21. The van der Waals surface area contributed by atoms with Crippen LogP contribution in [0, 0.1) is 0 Å². The van der Waals surface area contributed by atoms with Crippen LogP contribution < -0.4 is 19.9 Å². The molecule has 0 saturated carbocycles. The highest BCUT2D eigenvalue weighted by Crippen LogP contribution is 2.37. The second-order valence-corrected chi connectivity index (χ2v) is 10.9. The Morgan fingerprint density at radius 1 is 1.12 bits per heavy atom. The number of thiocarbonyl (C=S) groups is 1. The second kappa shape index (κ2) is 10.8. The summed E-state index contributed by atoms with van der Waals surface area (Å²) in [5, 5.41) is 0. The van der Waals surface area contributed by atoms with Crippen molar-refractivity contribution in [2.45, 2.75) is 13.5 Å². The lowest BCUT2D eigenvalue weighted by Gasteiger charge is -2.35. The minimum Gasteiger partial charge on any atom is -0.454 e. The van der Waals surface area contributed by atoms with E-state index in [-0.39, 0.29) is 36.5 Å². The average molecular weight is 580 g/mol. The molecule has 3 aliphatic heterocycles. The van der Waals surface area contributed by atoms with E-state index < -0.39 is 0 Å². The van der Waals surface area contributed by atoms with Crippen molar-refractivity contribution >= 4 is 57.8 Å². The molecular formula is C27H25N5O6S2. The van der Waals surface area contributed by atoms with Crippen molar-refractivity contribution in [3.05, 3.63) is 69.0 Å². The molecule has 40 heavy (non-hydrogen) atoms. The van der Waals surface area contributed by atoms with Gasteiger partial charge in [-0.3, -0.25) is 18.9 Å². The number of hydrogen-bond donors (Lipinski definition) is 0. The lowest BCUT2D eigenvalue weighted by atomic mass is 10.2. The van der Waals surface area contributed by atoms with Crippen molar-refractivity contribution in [2.75, 3.05) is 44.5 Å². The Morgan fingerprint density at radius 3 is 2.73 bits per heavy atom. The van der Waals surface area contributed by atoms with E-state index >= 15 is 0 Å². The van der Waals surface area contributed by atoms with Gasteiger partial charge in [-0.05, 0) is 42.8 Å². The third-order valence-corrected chi connectivity index (χ3v) is 8.16. The van der Waals surface area contributed by atoms with Crippen molar-refractivity contribution < 1.29 is 23.8 Å². The number of hydrogen-bond acceptors (Lipinski definition) is 10. The summed E-state index contributed by atoms with van der Waals surface area (Å²) in [4.78, 5) is 49.6. The number of fused-ring (bicyclic) bond motifs is 2. The number of rotatable bonds is 5. The van der Waals surface area contributed by atoms with E-state index in [4.69, 9.17) is 31.4 Å². The molecule has 0 N–H and O–H groups in total. The molecule has 3 aromatic rings. The molecule has 3 aliphatic rings. The standard InChI is InChI=1S/C27H25N5O6S2/c1-2-36-26(35)30-11-9-29(10-12-30)23-18(24(33)31-8-4-3-5-22(31)28-23)14-21-25(34)32(27(39)40-21)15-17-6-7-19-20(13-17)38-16-37-19/h3-8,13-14H,2,9-12,15-16H2,1H3/b21-14+. The summed E-state index contributed by atoms with van der Waals surface area (Å²) in [7, 11) is 0. The van der Waals surface area contributed by atoms with Crippen molar-refractivity contribution in [1.82, 2.24) is 19.2 Å². The number of ether oxygens (including phenoxy) is 3. The molecule has 1 aromatic carbocycles. The Morgan fingerprint density at radius 2 is 1.93 bits per heavy atom. The van der Waals surface area contributed by atoms with Gasteiger partial charge in [0.05, 0.1) is 23.6 Å². The molecule has 13 heteroatoms. The van der Waals surface area contributed by atoms with Crippen LogP contribution in [0.4, 0.5) is 10.6 Å². The van der Waals surface area contributed by atoms with Gasteiger partial charge in [-0.25, -0.2) is 9.78 Å². The molecule has 2 amide bonds. The molecule has 2 fully saturated rings. The number of piperazine rings is 1. The average Bonchev–Trinajstić information content (AvgIpc) is 3.54. The molecule has 0 bridgehead atoms. The molecule has 6 rings (SSSR count). The van der Waals surface area contributed by atoms with Crippen molar-refractivity contribution in [3.8, 4) is 11.5 Å². The zero-order valence-electron chi connectivity index (χ0n) is 21.6. The van der Waals surface area contributed by atoms with Gasteiger partial charge >= 0.3 is 6.09 Å². The summed E-state index contributed by atoms with van der Waals surface area (Å²) in [5.41, 5.74) is 1.32. The van der Waals surface area contributed by atoms with Crippen LogP contribution in [-0.4, -0.2) is 75.1 Å². The van der Waals surface area contributed by atoms with E-state index in [2.05, 4.69) is 0 Å². The molecule has 11 nitrogen and oxygen atoms in total. The maximum atomic E-state index is 13.7. The van der Waals surface area contributed by atoms with Gasteiger partial charge in [-0.15, -0.1) is 0 Å². The molecule has 206 valence electrons. The van der Waals surface area contributed by atoms with Gasteiger partial charge in [0.25, 0.3) is 11.5 Å². The first kappa shape index (κ1) is 26.1. The zero-order valence-corrected chi connectivity index (χ0v) is 23.2. The summed E-state index contributed by atoms with van der Waals surface area (Å²) in [6.45, 7) is 4.26. The van der Waals surface area contributed by atoms with Crippen LogP contribution in [-0.2, 0) is 16.1 Å². The van der Waals surface area contributed by atoms with Gasteiger partial charge in [0.2, 0.25) is 6.79 Å². The first-order valence-electron chi connectivity index (χ1n) is 12.7. The van der Waals surface area contributed by atoms with Crippen LogP contribution in [0.5, 0.6) is 11.5 Å².